The van der Waals surface area contributed by atoms with Crippen LogP contribution in [0.1, 0.15) is 6.92 Å². The zero-order valence-corrected chi connectivity index (χ0v) is 9.16. The molecule has 1 aromatic carbocycles. The van der Waals surface area contributed by atoms with E-state index in [9.17, 15) is 9.18 Å². The van der Waals surface area contributed by atoms with Gasteiger partial charge in [-0.2, -0.15) is 0 Å². The first kappa shape index (κ1) is 12.4. The van der Waals surface area contributed by atoms with Crippen LogP contribution in [0.15, 0.2) is 24.3 Å². The molecular weight excluding hydrogens is 213 g/mol. The number of aliphatic carboxylic acids is 1. The van der Waals surface area contributed by atoms with Crippen molar-refractivity contribution in [1.82, 2.24) is 5.32 Å². The largest absolute Gasteiger partial charge is 0.488 e. The Hall–Kier alpha value is -1.62. The van der Waals surface area contributed by atoms with Gasteiger partial charge in [-0.25, -0.2) is 4.39 Å². The number of halogens is 1. The molecule has 0 radical (unpaired) electrons. The van der Waals surface area contributed by atoms with Crippen LogP contribution in [0, 0.1) is 5.82 Å². The molecule has 88 valence electrons. The predicted octanol–water partition coefficient (Wildman–Crippen LogP) is 1.27. The van der Waals surface area contributed by atoms with Crippen LogP contribution in [-0.2, 0) is 4.79 Å². The van der Waals surface area contributed by atoms with Crippen LogP contribution < -0.4 is 10.1 Å². The lowest BCUT2D eigenvalue weighted by Crippen LogP contribution is -2.52. The van der Waals surface area contributed by atoms with Crippen molar-refractivity contribution in [2.75, 3.05) is 13.7 Å². The van der Waals surface area contributed by atoms with Gasteiger partial charge in [-0.1, -0.05) is 12.1 Å². The standard InChI is InChI=1S/C11H14FNO3/c1-11(13-2,10(14)15)7-16-9-6-4-3-5-8(9)12/h3-6,13H,7H2,1-2H3,(H,14,15). The van der Waals surface area contributed by atoms with Crippen molar-refractivity contribution in [2.45, 2.75) is 12.5 Å². The Labute approximate surface area is 93.0 Å². The molecule has 0 aromatic heterocycles. The second-order valence-electron chi connectivity index (χ2n) is 3.61. The summed E-state index contributed by atoms with van der Waals surface area (Å²) in [5, 5.41) is 11.6. The monoisotopic (exact) mass is 227 g/mol. The maximum atomic E-state index is 13.2. The molecule has 1 aromatic rings. The Morgan fingerprint density at radius 1 is 1.56 bits per heavy atom. The van der Waals surface area contributed by atoms with Gasteiger partial charge in [0.25, 0.3) is 0 Å². The second kappa shape index (κ2) is 4.94. The lowest BCUT2D eigenvalue weighted by atomic mass is 10.1. The number of carboxylic acids is 1. The van der Waals surface area contributed by atoms with Gasteiger partial charge >= 0.3 is 5.97 Å². The first-order valence-electron chi connectivity index (χ1n) is 4.79. The van der Waals surface area contributed by atoms with E-state index in [0.717, 1.165) is 0 Å². The van der Waals surface area contributed by atoms with Crippen molar-refractivity contribution in [1.29, 1.82) is 0 Å². The summed E-state index contributed by atoms with van der Waals surface area (Å²) in [6.07, 6.45) is 0. The highest BCUT2D eigenvalue weighted by Crippen LogP contribution is 2.17. The van der Waals surface area contributed by atoms with Crippen LogP contribution in [0.5, 0.6) is 5.75 Å². The van der Waals surface area contributed by atoms with Crippen LogP contribution in [-0.4, -0.2) is 30.3 Å². The molecule has 0 saturated heterocycles. The third kappa shape index (κ3) is 2.70. The minimum atomic E-state index is -1.23. The van der Waals surface area contributed by atoms with Crippen LogP contribution >= 0.6 is 0 Å². The third-order valence-electron chi connectivity index (χ3n) is 2.38. The predicted molar refractivity (Wildman–Crippen MR) is 57.0 cm³/mol. The van der Waals surface area contributed by atoms with Gasteiger partial charge in [0.15, 0.2) is 11.6 Å². The Bertz CT molecular complexity index is 383. The van der Waals surface area contributed by atoms with Crippen molar-refractivity contribution >= 4 is 5.97 Å². The fourth-order valence-corrected chi connectivity index (χ4v) is 1.02. The Morgan fingerprint density at radius 3 is 2.69 bits per heavy atom. The third-order valence-corrected chi connectivity index (χ3v) is 2.38. The number of hydrogen-bond acceptors (Lipinski definition) is 3. The van der Waals surface area contributed by atoms with E-state index in [4.69, 9.17) is 9.84 Å². The Kier molecular flexibility index (Phi) is 3.84. The SMILES string of the molecule is CNC(C)(COc1ccccc1F)C(=O)O. The highest BCUT2D eigenvalue weighted by atomic mass is 19.1. The van der Waals surface area contributed by atoms with Crippen molar-refractivity contribution < 1.29 is 19.0 Å². The molecule has 0 aliphatic heterocycles. The maximum absolute atomic E-state index is 13.2. The molecule has 2 N–H and O–H groups in total. The van der Waals surface area contributed by atoms with Crippen molar-refractivity contribution in [2.24, 2.45) is 0 Å². The molecule has 0 bridgehead atoms. The number of rotatable bonds is 5. The highest BCUT2D eigenvalue weighted by Gasteiger charge is 2.32. The van der Waals surface area contributed by atoms with Crippen molar-refractivity contribution in [3.05, 3.63) is 30.1 Å². The van der Waals surface area contributed by atoms with Gasteiger partial charge in [0.1, 0.15) is 12.1 Å². The molecule has 0 aliphatic rings. The van der Waals surface area contributed by atoms with Gasteiger partial charge in [-0.05, 0) is 26.1 Å². The summed E-state index contributed by atoms with van der Waals surface area (Å²) >= 11 is 0. The molecule has 0 fully saturated rings. The van der Waals surface area contributed by atoms with E-state index in [2.05, 4.69) is 5.32 Å². The molecule has 1 rings (SSSR count). The van der Waals surface area contributed by atoms with E-state index < -0.39 is 17.3 Å². The number of benzene rings is 1. The molecule has 1 atom stereocenters. The molecular formula is C11H14FNO3. The van der Waals surface area contributed by atoms with Gasteiger partial charge in [-0.3, -0.25) is 4.79 Å². The summed E-state index contributed by atoms with van der Waals surface area (Å²) in [5.74, 6) is -1.51. The lowest BCUT2D eigenvalue weighted by molar-refractivity contribution is -0.145. The topological polar surface area (TPSA) is 58.6 Å². The number of nitrogens with one attached hydrogen (secondary N) is 1. The first-order chi connectivity index (χ1) is 7.49. The zero-order valence-electron chi connectivity index (χ0n) is 9.16. The van der Waals surface area contributed by atoms with Crippen LogP contribution in [0.3, 0.4) is 0 Å². The number of hydrogen-bond donors (Lipinski definition) is 2. The number of ether oxygens (including phenoxy) is 1. The quantitative estimate of drug-likeness (QED) is 0.795. The van der Waals surface area contributed by atoms with Crippen molar-refractivity contribution in [3.63, 3.8) is 0 Å². The summed E-state index contributed by atoms with van der Waals surface area (Å²) < 4.78 is 18.3. The summed E-state index contributed by atoms with van der Waals surface area (Å²) in [6.45, 7) is 1.32. The Morgan fingerprint density at radius 2 is 2.19 bits per heavy atom. The normalized spacial score (nSPS) is 14.2. The minimum absolute atomic E-state index is 0.0465. The average Bonchev–Trinajstić information content (AvgIpc) is 2.27. The number of carbonyl (C=O) groups is 1. The van der Waals surface area contributed by atoms with E-state index in [-0.39, 0.29) is 12.4 Å². The Balaban J connectivity index is 2.71. The van der Waals surface area contributed by atoms with E-state index in [1.54, 1.807) is 6.07 Å². The first-order valence-corrected chi connectivity index (χ1v) is 4.79. The molecule has 0 spiro atoms. The van der Waals surface area contributed by atoms with E-state index in [1.807, 2.05) is 0 Å². The van der Waals surface area contributed by atoms with E-state index >= 15 is 0 Å². The molecule has 0 saturated carbocycles. The fourth-order valence-electron chi connectivity index (χ4n) is 1.02. The maximum Gasteiger partial charge on any atom is 0.327 e. The van der Waals surface area contributed by atoms with Gasteiger partial charge in [0.05, 0.1) is 0 Å². The number of para-hydroxylation sites is 1. The second-order valence-corrected chi connectivity index (χ2v) is 3.61. The van der Waals surface area contributed by atoms with E-state index in [0.29, 0.717) is 0 Å². The van der Waals surface area contributed by atoms with Gasteiger partial charge in [0.2, 0.25) is 0 Å². The van der Waals surface area contributed by atoms with Crippen LogP contribution in [0.25, 0.3) is 0 Å². The summed E-state index contributed by atoms with van der Waals surface area (Å²) in [4.78, 5) is 10.9. The number of carboxylic acid groups (broad SMARTS) is 1. The molecule has 16 heavy (non-hydrogen) atoms. The van der Waals surface area contributed by atoms with Crippen molar-refractivity contribution in [3.8, 4) is 5.75 Å². The summed E-state index contributed by atoms with van der Waals surface area (Å²) in [5.41, 5.74) is -1.23. The van der Waals surface area contributed by atoms with Crippen LogP contribution in [0.2, 0.25) is 0 Å². The van der Waals surface area contributed by atoms with Gasteiger partial charge in [-0.15, -0.1) is 0 Å². The van der Waals surface area contributed by atoms with Crippen LogP contribution in [0.4, 0.5) is 4.39 Å². The molecule has 1 unspecified atom stereocenters. The molecule has 5 heteroatoms. The highest BCUT2D eigenvalue weighted by molar-refractivity contribution is 5.78. The fraction of sp³-hybridized carbons (Fsp3) is 0.364. The van der Waals surface area contributed by atoms with E-state index in [1.165, 1.54) is 32.2 Å². The zero-order chi connectivity index (χ0) is 12.2. The van der Waals surface area contributed by atoms with Gasteiger partial charge in [0, 0.05) is 0 Å². The summed E-state index contributed by atoms with van der Waals surface area (Å²) in [6, 6.07) is 5.87. The molecule has 0 heterocycles. The lowest BCUT2D eigenvalue weighted by Gasteiger charge is -2.24. The average molecular weight is 227 g/mol. The summed E-state index contributed by atoms with van der Waals surface area (Å²) in [7, 11) is 1.51. The molecule has 0 aliphatic carbocycles. The van der Waals surface area contributed by atoms with Gasteiger partial charge < -0.3 is 15.2 Å². The number of likely N-dealkylation sites (N-methyl/N-ethyl adjacent to an activating group) is 1. The smallest absolute Gasteiger partial charge is 0.327 e. The minimum Gasteiger partial charge on any atom is -0.488 e. The molecule has 0 amide bonds. The molecule has 4 nitrogen and oxygen atoms in total.